The first-order valence-electron chi connectivity index (χ1n) is 9.85. The second-order valence-corrected chi connectivity index (χ2v) is 8.41. The molecule has 156 valence electrons. The third-order valence-electron chi connectivity index (χ3n) is 4.90. The van der Waals surface area contributed by atoms with E-state index in [0.29, 0.717) is 10.2 Å². The summed E-state index contributed by atoms with van der Waals surface area (Å²) in [6, 6.07) is 9.70. The third kappa shape index (κ3) is 3.56. The van der Waals surface area contributed by atoms with Crippen LogP contribution in [0.2, 0.25) is 0 Å². The van der Waals surface area contributed by atoms with Crippen LogP contribution in [0.4, 0.5) is 0 Å². The topological polar surface area (TPSA) is 90.4 Å². The Balaban J connectivity index is 1.86. The molecular formula is C21H23N5O3S. The monoisotopic (exact) mass is 425 g/mol. The smallest absolute Gasteiger partial charge is 0.352 e. The Morgan fingerprint density at radius 3 is 2.50 bits per heavy atom. The number of nitrogens with one attached hydrogen (secondary N) is 1. The molecule has 9 heteroatoms. The van der Waals surface area contributed by atoms with Gasteiger partial charge >= 0.3 is 5.69 Å². The second kappa shape index (κ2) is 7.91. The van der Waals surface area contributed by atoms with Crippen molar-refractivity contribution in [3.8, 4) is 0 Å². The molecule has 1 aromatic carbocycles. The minimum atomic E-state index is -0.442. The Labute approximate surface area is 176 Å². The standard InChI is InChI=1S/C21H23N5O3S/c1-4-14-5-7-15(8-6-14)11-24-19(28)18-16(9-10-30-18)26-20(24)23-25(21(26)29)12-17(27)22-13(2)3/h5-10,13H,4,11-12H2,1-3H3,(H,22,27). The summed E-state index contributed by atoms with van der Waals surface area (Å²) in [7, 11) is 0. The van der Waals surface area contributed by atoms with Gasteiger partial charge in [-0.15, -0.1) is 16.4 Å². The third-order valence-corrected chi connectivity index (χ3v) is 5.79. The van der Waals surface area contributed by atoms with Gasteiger partial charge in [0.2, 0.25) is 11.7 Å². The van der Waals surface area contributed by atoms with E-state index in [4.69, 9.17) is 0 Å². The molecule has 30 heavy (non-hydrogen) atoms. The van der Waals surface area contributed by atoms with Crippen molar-refractivity contribution in [3.05, 3.63) is 67.7 Å². The van der Waals surface area contributed by atoms with Gasteiger partial charge in [0.25, 0.3) is 5.56 Å². The largest absolute Gasteiger partial charge is 0.352 e. The Hall–Kier alpha value is -3.20. The lowest BCUT2D eigenvalue weighted by molar-refractivity contribution is -0.122. The van der Waals surface area contributed by atoms with Crippen molar-refractivity contribution in [1.82, 2.24) is 24.1 Å². The number of hydrogen-bond donors (Lipinski definition) is 1. The number of nitrogens with zero attached hydrogens (tertiary/aromatic N) is 4. The molecule has 0 radical (unpaired) electrons. The number of thiophene rings is 1. The average Bonchev–Trinajstić information content (AvgIpc) is 3.30. The Bertz CT molecular complexity index is 1340. The van der Waals surface area contributed by atoms with Gasteiger partial charge in [-0.05, 0) is 42.8 Å². The average molecular weight is 426 g/mol. The summed E-state index contributed by atoms with van der Waals surface area (Å²) in [5, 5.41) is 8.89. The van der Waals surface area contributed by atoms with Gasteiger partial charge in [-0.2, -0.15) is 0 Å². The molecule has 0 bridgehead atoms. The van der Waals surface area contributed by atoms with Crippen LogP contribution in [-0.2, 0) is 24.3 Å². The van der Waals surface area contributed by atoms with Crippen molar-refractivity contribution in [3.63, 3.8) is 0 Å². The molecule has 0 aliphatic rings. The van der Waals surface area contributed by atoms with Crippen LogP contribution in [0, 0.1) is 0 Å². The molecule has 3 aromatic heterocycles. The van der Waals surface area contributed by atoms with Gasteiger partial charge in [-0.3, -0.25) is 14.2 Å². The number of benzene rings is 1. The highest BCUT2D eigenvalue weighted by molar-refractivity contribution is 7.17. The fraction of sp³-hybridized carbons (Fsp3) is 0.333. The van der Waals surface area contributed by atoms with Gasteiger partial charge in [0.1, 0.15) is 11.2 Å². The zero-order valence-electron chi connectivity index (χ0n) is 17.1. The molecule has 0 fully saturated rings. The Morgan fingerprint density at radius 2 is 1.83 bits per heavy atom. The van der Waals surface area contributed by atoms with Gasteiger partial charge < -0.3 is 5.32 Å². The summed E-state index contributed by atoms with van der Waals surface area (Å²) < 4.78 is 4.51. The molecule has 0 atom stereocenters. The first kappa shape index (κ1) is 20.1. The molecule has 0 saturated heterocycles. The summed E-state index contributed by atoms with van der Waals surface area (Å²) >= 11 is 1.29. The highest BCUT2D eigenvalue weighted by atomic mass is 32.1. The fourth-order valence-electron chi connectivity index (χ4n) is 3.45. The van der Waals surface area contributed by atoms with E-state index in [0.717, 1.165) is 16.7 Å². The van der Waals surface area contributed by atoms with E-state index >= 15 is 0 Å². The molecule has 1 amide bonds. The Kier molecular flexibility index (Phi) is 5.29. The highest BCUT2D eigenvalue weighted by Crippen LogP contribution is 2.18. The number of hydrogen-bond acceptors (Lipinski definition) is 5. The first-order valence-corrected chi connectivity index (χ1v) is 10.7. The summed E-state index contributed by atoms with van der Waals surface area (Å²) in [5.74, 6) is -0.0751. The minimum Gasteiger partial charge on any atom is -0.352 e. The predicted molar refractivity (Wildman–Crippen MR) is 117 cm³/mol. The summed E-state index contributed by atoms with van der Waals surface area (Å²) in [6.07, 6.45) is 0.934. The molecular weight excluding hydrogens is 402 g/mol. The molecule has 0 aliphatic heterocycles. The molecule has 4 rings (SSSR count). The van der Waals surface area contributed by atoms with E-state index in [1.807, 2.05) is 38.1 Å². The lowest BCUT2D eigenvalue weighted by atomic mass is 10.1. The number of rotatable bonds is 6. The summed E-state index contributed by atoms with van der Waals surface area (Å²) in [4.78, 5) is 38.4. The lowest BCUT2D eigenvalue weighted by Crippen LogP contribution is -2.36. The number of carbonyl (C=O) groups is 1. The number of carbonyl (C=O) groups excluding carboxylic acids is 1. The van der Waals surface area contributed by atoms with Gasteiger partial charge in [-0.25, -0.2) is 13.9 Å². The minimum absolute atomic E-state index is 0.0434. The maximum Gasteiger partial charge on any atom is 0.352 e. The lowest BCUT2D eigenvalue weighted by Gasteiger charge is -2.08. The van der Waals surface area contributed by atoms with Gasteiger partial charge in [0, 0.05) is 6.04 Å². The van der Waals surface area contributed by atoms with Crippen LogP contribution in [0.3, 0.4) is 0 Å². The molecule has 0 unspecified atom stereocenters. The second-order valence-electron chi connectivity index (χ2n) is 7.49. The van der Waals surface area contributed by atoms with E-state index in [1.54, 1.807) is 11.4 Å². The first-order chi connectivity index (χ1) is 14.4. The molecule has 0 spiro atoms. The van der Waals surface area contributed by atoms with Crippen molar-refractivity contribution < 1.29 is 4.79 Å². The number of fused-ring (bicyclic) bond motifs is 3. The molecule has 1 N–H and O–H groups in total. The van der Waals surface area contributed by atoms with E-state index in [1.165, 1.54) is 25.9 Å². The van der Waals surface area contributed by atoms with Crippen molar-refractivity contribution in [2.45, 2.75) is 46.3 Å². The number of amides is 1. The van der Waals surface area contributed by atoms with Crippen molar-refractivity contribution in [1.29, 1.82) is 0 Å². The summed E-state index contributed by atoms with van der Waals surface area (Å²) in [5.41, 5.74) is 2.02. The summed E-state index contributed by atoms with van der Waals surface area (Å²) in [6.45, 7) is 5.86. The van der Waals surface area contributed by atoms with Crippen molar-refractivity contribution in [2.24, 2.45) is 0 Å². The normalized spacial score (nSPS) is 11.6. The van der Waals surface area contributed by atoms with Crippen molar-refractivity contribution >= 4 is 33.2 Å². The number of aromatic nitrogens is 4. The van der Waals surface area contributed by atoms with Crippen LogP contribution in [0.1, 0.15) is 31.9 Å². The molecule has 0 aliphatic carbocycles. The van der Waals surface area contributed by atoms with Gasteiger partial charge in [0.05, 0.1) is 12.1 Å². The van der Waals surface area contributed by atoms with E-state index in [-0.39, 0.29) is 36.4 Å². The van der Waals surface area contributed by atoms with Crippen LogP contribution < -0.4 is 16.6 Å². The quantitative estimate of drug-likeness (QED) is 0.512. The zero-order chi connectivity index (χ0) is 21.4. The molecule has 0 saturated carbocycles. The zero-order valence-corrected chi connectivity index (χ0v) is 17.9. The van der Waals surface area contributed by atoms with Gasteiger partial charge in [-0.1, -0.05) is 31.2 Å². The van der Waals surface area contributed by atoms with Crippen LogP contribution in [0.25, 0.3) is 16.0 Å². The van der Waals surface area contributed by atoms with Crippen LogP contribution in [0.15, 0.2) is 45.3 Å². The maximum absolute atomic E-state index is 13.1. The van der Waals surface area contributed by atoms with Crippen LogP contribution in [0.5, 0.6) is 0 Å². The maximum atomic E-state index is 13.1. The van der Waals surface area contributed by atoms with Crippen LogP contribution >= 0.6 is 11.3 Å². The molecule has 3 heterocycles. The Morgan fingerprint density at radius 1 is 1.13 bits per heavy atom. The predicted octanol–water partition coefficient (Wildman–Crippen LogP) is 2.01. The molecule has 8 nitrogen and oxygen atoms in total. The van der Waals surface area contributed by atoms with Gasteiger partial charge in [0.15, 0.2) is 0 Å². The van der Waals surface area contributed by atoms with E-state index in [2.05, 4.69) is 17.3 Å². The fourth-order valence-corrected chi connectivity index (χ4v) is 4.27. The highest BCUT2D eigenvalue weighted by Gasteiger charge is 2.19. The number of aryl methyl sites for hydroxylation is 1. The van der Waals surface area contributed by atoms with E-state index < -0.39 is 5.69 Å². The van der Waals surface area contributed by atoms with E-state index in [9.17, 15) is 14.4 Å². The van der Waals surface area contributed by atoms with Crippen molar-refractivity contribution in [2.75, 3.05) is 0 Å². The molecule has 4 aromatic rings. The van der Waals surface area contributed by atoms with Crippen LogP contribution in [-0.4, -0.2) is 30.7 Å². The SMILES string of the molecule is CCc1ccc(Cn2c(=O)c3sccc3n3c(=O)n(CC(=O)NC(C)C)nc23)cc1.